The second-order valence-corrected chi connectivity index (χ2v) is 26.6. The fraction of sp³-hybridized carbons (Fsp3) is 0.783. The fourth-order valence-corrected chi connectivity index (χ4v) is 13.0. The van der Waals surface area contributed by atoms with Crippen LogP contribution in [0.25, 0.3) is 0 Å². The number of thioether (sulfide) groups is 1. The number of hydrogen-bond acceptors (Lipinski definition) is 19. The number of ether oxygens (including phenoxy) is 9. The molecule has 100 heavy (non-hydrogen) atoms. The summed E-state index contributed by atoms with van der Waals surface area (Å²) in [4.78, 5) is 111. The van der Waals surface area contributed by atoms with E-state index in [2.05, 4.69) is 63.8 Å². The molecule has 0 saturated carbocycles. The van der Waals surface area contributed by atoms with E-state index >= 15 is 0 Å². The molecule has 7 unspecified atom stereocenters. The summed E-state index contributed by atoms with van der Waals surface area (Å²) < 4.78 is 50.8. The van der Waals surface area contributed by atoms with Gasteiger partial charge in [-0.2, -0.15) is 11.8 Å². The Morgan fingerprint density at radius 3 is 0.960 bits per heavy atom. The number of amides is 12. The number of carbonyl (C=O) groups excluding carboxylic acids is 9. The van der Waals surface area contributed by atoms with E-state index in [1.54, 1.807) is 0 Å². The van der Waals surface area contributed by atoms with Crippen LogP contribution in [0, 0.1) is 0 Å². The summed E-state index contributed by atoms with van der Waals surface area (Å²) in [5.41, 5.74) is 0.440. The van der Waals surface area contributed by atoms with Gasteiger partial charge in [0.1, 0.15) is 0 Å². The lowest BCUT2D eigenvalue weighted by molar-refractivity contribution is -0.122. The van der Waals surface area contributed by atoms with E-state index in [0.717, 1.165) is 76.4 Å². The highest BCUT2D eigenvalue weighted by Gasteiger charge is 2.42. The highest BCUT2D eigenvalue weighted by atomic mass is 32.2. The lowest BCUT2D eigenvalue weighted by Gasteiger charge is -2.16. The fourth-order valence-electron chi connectivity index (χ4n) is 11.4. The highest BCUT2D eigenvalue weighted by Crippen LogP contribution is 2.33. The minimum Gasteiger partial charge on any atom is -0.379 e. The van der Waals surface area contributed by atoms with Crippen molar-refractivity contribution in [2.75, 3.05) is 164 Å². The zero-order chi connectivity index (χ0) is 71.5. The predicted octanol–water partition coefficient (Wildman–Crippen LogP) is 3.48. The van der Waals surface area contributed by atoms with Crippen LogP contribution < -0.4 is 63.8 Å². The third-order valence-corrected chi connectivity index (χ3v) is 18.6. The maximum absolute atomic E-state index is 13.5. The molecule has 4 fully saturated rings. The van der Waals surface area contributed by atoms with E-state index in [-0.39, 0.29) is 108 Å². The van der Waals surface area contributed by atoms with Crippen molar-refractivity contribution >= 4 is 65.3 Å². The first kappa shape index (κ1) is 84.5. The first-order valence-electron chi connectivity index (χ1n) is 36.6. The van der Waals surface area contributed by atoms with Crippen LogP contribution in [-0.2, 0) is 57.0 Å². The number of urea groups is 3. The Bertz CT molecular complexity index is 2420. The van der Waals surface area contributed by atoms with Crippen molar-refractivity contribution in [1.29, 1.82) is 0 Å². The maximum Gasteiger partial charge on any atom is 0.315 e. The Hall–Kier alpha value is -6.16. The molecule has 1 aromatic rings. The predicted molar refractivity (Wildman–Crippen MR) is 378 cm³/mol. The molecule has 31 heteroatoms. The number of hydrogen-bond donors (Lipinski definition) is 12. The number of nitrogens with one attached hydrogen (secondary N) is 12. The molecular formula is C69H118N12O18S. The Morgan fingerprint density at radius 2 is 0.640 bits per heavy atom. The molecule has 0 spiro atoms. The topological polar surface area (TPSA) is 381 Å². The van der Waals surface area contributed by atoms with Gasteiger partial charge in [-0.05, 0) is 109 Å². The van der Waals surface area contributed by atoms with Gasteiger partial charge in [-0.1, -0.05) is 32.1 Å². The van der Waals surface area contributed by atoms with Crippen LogP contribution in [0.3, 0.4) is 0 Å². The van der Waals surface area contributed by atoms with Gasteiger partial charge < -0.3 is 106 Å². The molecule has 7 atom stereocenters. The second-order valence-electron chi connectivity index (χ2n) is 25.3. The van der Waals surface area contributed by atoms with Crippen LogP contribution in [0.1, 0.15) is 173 Å². The molecule has 4 heterocycles. The van der Waals surface area contributed by atoms with Crippen LogP contribution in [0.4, 0.5) is 14.4 Å². The van der Waals surface area contributed by atoms with Gasteiger partial charge >= 0.3 is 18.1 Å². The van der Waals surface area contributed by atoms with Gasteiger partial charge in [0.2, 0.25) is 17.7 Å². The summed E-state index contributed by atoms with van der Waals surface area (Å²) in [6, 6.07) is 5.00. The first-order valence-corrected chi connectivity index (χ1v) is 37.6. The van der Waals surface area contributed by atoms with Crippen LogP contribution in [-0.4, -0.2) is 259 Å². The van der Waals surface area contributed by atoms with Crippen molar-refractivity contribution in [3.8, 4) is 0 Å². The molecule has 5 rings (SSSR count). The summed E-state index contributed by atoms with van der Waals surface area (Å²) in [6.45, 7) is 13.7. The highest BCUT2D eigenvalue weighted by molar-refractivity contribution is 8.00. The molecule has 4 aliphatic heterocycles. The van der Waals surface area contributed by atoms with E-state index in [9.17, 15) is 43.2 Å². The van der Waals surface area contributed by atoms with E-state index in [4.69, 9.17) is 42.6 Å². The minimum atomic E-state index is -0.455. The molecule has 4 saturated heterocycles. The first-order chi connectivity index (χ1) is 48.7. The lowest BCUT2D eigenvalue weighted by Crippen LogP contribution is -2.36. The lowest BCUT2D eigenvalue weighted by atomic mass is 10.0. The molecule has 0 aliphatic carbocycles. The summed E-state index contributed by atoms with van der Waals surface area (Å²) in [6.07, 6.45) is 15.0. The van der Waals surface area contributed by atoms with Gasteiger partial charge in [-0.15, -0.1) is 0 Å². The van der Waals surface area contributed by atoms with Gasteiger partial charge in [0.15, 0.2) is 0 Å². The van der Waals surface area contributed by atoms with Gasteiger partial charge in [0.05, 0.1) is 103 Å². The van der Waals surface area contributed by atoms with Crippen molar-refractivity contribution in [3.63, 3.8) is 0 Å². The van der Waals surface area contributed by atoms with Crippen molar-refractivity contribution in [1.82, 2.24) is 63.8 Å². The van der Waals surface area contributed by atoms with Gasteiger partial charge in [-0.25, -0.2) is 14.4 Å². The normalized spacial score (nSPS) is 19.0. The molecule has 30 nitrogen and oxygen atoms in total. The minimum absolute atomic E-state index is 0.0284. The smallest absolute Gasteiger partial charge is 0.315 e. The zero-order valence-electron chi connectivity index (χ0n) is 59.4. The van der Waals surface area contributed by atoms with Crippen LogP contribution >= 0.6 is 11.8 Å². The third-order valence-electron chi connectivity index (χ3n) is 17.0. The van der Waals surface area contributed by atoms with Crippen LogP contribution in [0.15, 0.2) is 18.2 Å². The summed E-state index contributed by atoms with van der Waals surface area (Å²) >= 11 is 1.88. The number of fused-ring (bicyclic) bond motifs is 1. The van der Waals surface area contributed by atoms with E-state index < -0.39 is 17.7 Å². The summed E-state index contributed by atoms with van der Waals surface area (Å²) in [5, 5.41) is 35.3. The summed E-state index contributed by atoms with van der Waals surface area (Å²) in [7, 11) is 0. The quantitative estimate of drug-likeness (QED) is 0.0328. The average molecular weight is 1440 g/mol. The average Bonchev–Trinajstić information content (AvgIpc) is 1.57. The Labute approximate surface area is 595 Å². The summed E-state index contributed by atoms with van der Waals surface area (Å²) in [5.74, 6) is -0.338. The standard InChI is InChI=1S/C69H118N12O18S/c1-51-56(78-67(88)76-51)17-5-3-7-20-60(82)70-23-11-29-91-35-41-97-44-38-94-32-14-26-73-64(85)53-47-54(65(86)74-27-15-33-95-39-45-98-42-36-92-30-12-24-71-61(83)21-8-4-6-18-57-52(2)77-68(89)79-57)49-55(48-53)66(87)75-28-16-34-96-40-46-99-43-37-93-31-13-25-72-62(84)22-10-9-19-59-63-58(50-100-59)80-69(90)81-63/h47-49,51-52,56-59,63H,3-46,50H2,1-2H3,(H,70,82)(H,71,83)(H,72,84)(H,73,85)(H,74,86)(H,75,87)(H2,76,78,88)(H2,77,79,89)(H2,80,81,90). The van der Waals surface area contributed by atoms with Crippen molar-refractivity contribution in [2.45, 2.75) is 184 Å². The van der Waals surface area contributed by atoms with E-state index in [1.165, 1.54) is 18.2 Å². The Kier molecular flexibility index (Phi) is 45.3. The number of unbranched alkanes of at least 4 members (excludes halogenated alkanes) is 5. The SMILES string of the molecule is CC1NC(=O)NC1CCCCCC(=O)NCCCOCCOCCOCCCNC(=O)c1cc(C(=O)NCCCOCCOCCOCCCNC(=O)CCCCCC2NC(=O)NC2C)cc(C(=O)NCCCOCCOCCOCCCNC(=O)CCCCC2SCC3NC(=O)NC32)c1. The largest absolute Gasteiger partial charge is 0.379 e. The van der Waals surface area contributed by atoms with E-state index in [0.29, 0.717) is 202 Å². The van der Waals surface area contributed by atoms with Crippen molar-refractivity contribution < 1.29 is 85.8 Å². The molecule has 568 valence electrons. The monoisotopic (exact) mass is 1430 g/mol. The van der Waals surface area contributed by atoms with Crippen LogP contribution in [0.2, 0.25) is 0 Å². The zero-order valence-corrected chi connectivity index (χ0v) is 60.2. The number of rotatable bonds is 62. The second kappa shape index (κ2) is 53.6. The van der Waals surface area contributed by atoms with Gasteiger partial charge in [-0.3, -0.25) is 28.8 Å². The number of benzene rings is 1. The molecule has 4 aliphatic rings. The van der Waals surface area contributed by atoms with Gasteiger partial charge in [0, 0.05) is 138 Å². The number of carbonyl (C=O) groups is 9. The molecule has 0 bridgehead atoms. The van der Waals surface area contributed by atoms with Gasteiger partial charge in [0.25, 0.3) is 17.7 Å². The molecule has 0 radical (unpaired) electrons. The molecule has 12 N–H and O–H groups in total. The molecule has 0 aromatic heterocycles. The molecule has 1 aromatic carbocycles. The maximum atomic E-state index is 13.5. The molecule has 12 amide bonds. The Morgan fingerprint density at radius 1 is 0.350 bits per heavy atom. The van der Waals surface area contributed by atoms with Crippen molar-refractivity contribution in [2.24, 2.45) is 0 Å². The molecular weight excluding hydrogens is 1320 g/mol. The van der Waals surface area contributed by atoms with Crippen molar-refractivity contribution in [3.05, 3.63) is 34.9 Å². The van der Waals surface area contributed by atoms with E-state index in [1.807, 2.05) is 25.6 Å². The Balaban J connectivity index is 0.866. The van der Waals surface area contributed by atoms with Crippen LogP contribution in [0.5, 0.6) is 0 Å². The third kappa shape index (κ3) is 38.8.